The first kappa shape index (κ1) is 19.1. The molecule has 114 valence electrons. The van der Waals surface area contributed by atoms with Crippen LogP contribution in [0.25, 0.3) is 0 Å². The van der Waals surface area contributed by atoms with Crippen LogP contribution in [0.2, 0.25) is 5.02 Å². The molecule has 0 radical (unpaired) electrons. The number of nitrogens with zero attached hydrogens (tertiary/aromatic N) is 1. The van der Waals surface area contributed by atoms with Crippen molar-refractivity contribution in [3.05, 3.63) is 34.9 Å². The summed E-state index contributed by atoms with van der Waals surface area (Å²) in [6, 6.07) is 7.35. The fourth-order valence-electron chi connectivity index (χ4n) is 1.94. The van der Waals surface area contributed by atoms with Crippen LogP contribution in [-0.2, 0) is 0 Å². The van der Waals surface area contributed by atoms with Crippen LogP contribution in [0.3, 0.4) is 0 Å². The van der Waals surface area contributed by atoms with Gasteiger partial charge in [-0.25, -0.2) is 4.58 Å². The van der Waals surface area contributed by atoms with Gasteiger partial charge in [0.05, 0.1) is 6.10 Å². The topological polar surface area (TPSA) is 35.3 Å². The minimum Gasteiger partial charge on any atom is -0.388 e. The molecule has 0 bridgehead atoms. The summed E-state index contributed by atoms with van der Waals surface area (Å²) in [6.45, 7) is 7.87. The molecule has 0 heterocycles. The molecule has 1 aromatic carbocycles. The summed E-state index contributed by atoms with van der Waals surface area (Å²) in [5.41, 5.74) is 0.920. The zero-order valence-electron chi connectivity index (χ0n) is 13.1. The molecule has 4 heteroatoms. The Morgan fingerprint density at radius 3 is 2.25 bits per heavy atom. The van der Waals surface area contributed by atoms with Crippen molar-refractivity contribution in [2.24, 2.45) is 0 Å². The van der Waals surface area contributed by atoms with Crippen molar-refractivity contribution in [2.75, 3.05) is 14.1 Å². The Hall–Kier alpha value is -0.900. The van der Waals surface area contributed by atoms with Crippen LogP contribution in [0, 0.1) is 0 Å². The second-order valence-corrected chi connectivity index (χ2v) is 5.00. The predicted molar refractivity (Wildman–Crippen MR) is 87.8 cm³/mol. The van der Waals surface area contributed by atoms with E-state index in [-0.39, 0.29) is 6.17 Å². The number of aliphatic hydroxyl groups is 1. The van der Waals surface area contributed by atoms with E-state index in [1.54, 1.807) is 12.1 Å². The molecule has 1 rings (SSSR count). The van der Waals surface area contributed by atoms with Gasteiger partial charge in [-0.15, -0.1) is 0 Å². The summed E-state index contributed by atoms with van der Waals surface area (Å²) >= 11 is 5.81. The van der Waals surface area contributed by atoms with Gasteiger partial charge in [0.2, 0.25) is 6.17 Å². The van der Waals surface area contributed by atoms with Gasteiger partial charge in [0, 0.05) is 11.4 Å². The van der Waals surface area contributed by atoms with Crippen LogP contribution in [0.5, 0.6) is 0 Å². The lowest BCUT2D eigenvalue weighted by molar-refractivity contribution is -0.537. The van der Waals surface area contributed by atoms with Crippen LogP contribution in [0.1, 0.15) is 44.8 Å². The normalized spacial score (nSPS) is 13.1. The molecule has 0 aromatic heterocycles. The molecule has 0 amide bonds. The Morgan fingerprint density at radius 2 is 1.80 bits per heavy atom. The Morgan fingerprint density at radius 1 is 1.25 bits per heavy atom. The maximum Gasteiger partial charge on any atom is 0.205 e. The molecule has 2 N–H and O–H groups in total. The Bertz CT molecular complexity index is 379. The quantitative estimate of drug-likeness (QED) is 0.459. The number of rotatable bonds is 7. The monoisotopic (exact) mass is 299 g/mol. The summed E-state index contributed by atoms with van der Waals surface area (Å²) in [7, 11) is 3.86. The molecule has 3 nitrogen and oxygen atoms in total. The molecule has 0 spiro atoms. The Labute approximate surface area is 128 Å². The summed E-state index contributed by atoms with van der Waals surface area (Å²) < 4.78 is 1.90. The maximum atomic E-state index is 10.0. The van der Waals surface area contributed by atoms with E-state index in [9.17, 15) is 5.11 Å². The van der Waals surface area contributed by atoms with Crippen LogP contribution in [-0.4, -0.2) is 36.7 Å². The van der Waals surface area contributed by atoms with Crippen molar-refractivity contribution in [1.29, 1.82) is 0 Å². The zero-order chi connectivity index (χ0) is 15.5. The van der Waals surface area contributed by atoms with Gasteiger partial charge in [-0.1, -0.05) is 37.6 Å². The molecule has 1 unspecified atom stereocenters. The molecule has 0 fully saturated rings. The molecular formula is C16H28ClN2O+. The highest BCUT2D eigenvalue weighted by molar-refractivity contribution is 6.30. The van der Waals surface area contributed by atoms with E-state index in [4.69, 9.17) is 11.6 Å². The molecule has 0 aliphatic carbocycles. The zero-order valence-corrected chi connectivity index (χ0v) is 13.8. The van der Waals surface area contributed by atoms with Crippen LogP contribution in [0.4, 0.5) is 0 Å². The van der Waals surface area contributed by atoms with Gasteiger partial charge in [0.15, 0.2) is 0 Å². The molecule has 2 atom stereocenters. The maximum absolute atomic E-state index is 10.0. The highest BCUT2D eigenvalue weighted by atomic mass is 35.5. The molecule has 1 aromatic rings. The fraction of sp³-hybridized carbons (Fsp3) is 0.562. The van der Waals surface area contributed by atoms with Gasteiger partial charge in [0.25, 0.3) is 0 Å². The minimum atomic E-state index is -0.421. The molecule has 0 saturated heterocycles. The van der Waals surface area contributed by atoms with Gasteiger partial charge in [-0.05, 0) is 37.6 Å². The first-order valence-electron chi connectivity index (χ1n) is 7.18. The first-order valence-corrected chi connectivity index (χ1v) is 7.56. The minimum absolute atomic E-state index is 0.252. The van der Waals surface area contributed by atoms with E-state index in [2.05, 4.69) is 12.0 Å². The lowest BCUT2D eigenvalue weighted by atomic mass is 10.0. The number of hydrogen-bond acceptors (Lipinski definition) is 2. The van der Waals surface area contributed by atoms with Crippen LogP contribution >= 0.6 is 11.6 Å². The van der Waals surface area contributed by atoms with Crippen LogP contribution in [0.15, 0.2) is 24.3 Å². The van der Waals surface area contributed by atoms with Crippen molar-refractivity contribution < 1.29 is 9.68 Å². The Kier molecular flexibility index (Phi) is 10.3. The predicted octanol–water partition coefficient (Wildman–Crippen LogP) is 3.46. The summed E-state index contributed by atoms with van der Waals surface area (Å²) in [5.74, 6) is 0. The van der Waals surface area contributed by atoms with E-state index >= 15 is 0 Å². The van der Waals surface area contributed by atoms with Gasteiger partial charge in [-0.2, -0.15) is 0 Å². The highest BCUT2D eigenvalue weighted by Crippen LogP contribution is 2.21. The van der Waals surface area contributed by atoms with Gasteiger partial charge >= 0.3 is 0 Å². The summed E-state index contributed by atoms with van der Waals surface area (Å²) in [6.07, 6.45) is 2.47. The average molecular weight is 300 g/mol. The summed E-state index contributed by atoms with van der Waals surface area (Å²) in [5, 5.41) is 13.9. The third kappa shape index (κ3) is 7.04. The SMILES string of the molecule is C=[N+](C)C(CCC[C@H](O)c1ccc(Cl)cc1)NC.CC. The Balaban J connectivity index is 0.00000172. The van der Waals surface area contributed by atoms with Crippen LogP contribution < -0.4 is 5.32 Å². The average Bonchev–Trinajstić information content (AvgIpc) is 2.46. The fourth-order valence-corrected chi connectivity index (χ4v) is 2.07. The van der Waals surface area contributed by atoms with E-state index in [0.29, 0.717) is 5.02 Å². The molecular weight excluding hydrogens is 272 g/mol. The van der Waals surface area contributed by atoms with Crippen molar-refractivity contribution in [1.82, 2.24) is 5.32 Å². The number of hydrogen-bond donors (Lipinski definition) is 2. The van der Waals surface area contributed by atoms with E-state index in [0.717, 1.165) is 24.8 Å². The van der Waals surface area contributed by atoms with Gasteiger partial charge < -0.3 is 5.11 Å². The first-order chi connectivity index (χ1) is 9.54. The summed E-state index contributed by atoms with van der Waals surface area (Å²) in [4.78, 5) is 0. The van der Waals surface area contributed by atoms with Crippen molar-refractivity contribution in [3.8, 4) is 0 Å². The molecule has 0 saturated carbocycles. The van der Waals surface area contributed by atoms with Gasteiger partial charge in [-0.3, -0.25) is 5.32 Å². The number of benzene rings is 1. The van der Waals surface area contributed by atoms with E-state index < -0.39 is 6.10 Å². The lowest BCUT2D eigenvalue weighted by Gasteiger charge is -2.14. The third-order valence-corrected chi connectivity index (χ3v) is 3.33. The van der Waals surface area contributed by atoms with Crippen molar-refractivity contribution in [3.63, 3.8) is 0 Å². The second-order valence-electron chi connectivity index (χ2n) is 4.56. The van der Waals surface area contributed by atoms with Crippen molar-refractivity contribution in [2.45, 2.75) is 45.4 Å². The van der Waals surface area contributed by atoms with E-state index in [1.807, 2.05) is 44.7 Å². The van der Waals surface area contributed by atoms with E-state index in [1.165, 1.54) is 0 Å². The largest absolute Gasteiger partial charge is 0.388 e. The standard InChI is InChI=1S/C14H22ClN2O.C2H6/c1-16-14(17(2)3)6-4-5-13(18)11-7-9-12(15)10-8-11;1-2/h7-10,13-14,16,18H,2,4-6H2,1,3H3;1-2H3/q+1;/t13-,14?;/m0./s1. The molecule has 0 aliphatic heterocycles. The smallest absolute Gasteiger partial charge is 0.205 e. The van der Waals surface area contributed by atoms with Gasteiger partial charge in [0.1, 0.15) is 13.8 Å². The number of halogens is 1. The number of nitrogens with one attached hydrogen (secondary N) is 1. The third-order valence-electron chi connectivity index (χ3n) is 3.08. The molecule has 0 aliphatic rings. The molecule has 20 heavy (non-hydrogen) atoms. The van der Waals surface area contributed by atoms with Crippen molar-refractivity contribution >= 4 is 18.3 Å². The number of aliphatic hydroxyl groups excluding tert-OH is 1. The highest BCUT2D eigenvalue weighted by Gasteiger charge is 2.14. The second kappa shape index (κ2) is 10.8. The lowest BCUT2D eigenvalue weighted by Crippen LogP contribution is -2.34.